The Hall–Kier alpha value is -5.18. The fraction of sp³-hybridized carbons (Fsp3) is 0.328. The molecule has 1 aliphatic heterocycles. The molecule has 3 aliphatic carbocycles. The fourth-order valence-electron chi connectivity index (χ4n) is 11.4. The second kappa shape index (κ2) is 33.0. The Bertz CT molecular complexity index is 4160. The van der Waals surface area contributed by atoms with Crippen molar-refractivity contribution in [3.05, 3.63) is 134 Å². The average molecular weight is 1410 g/mol. The van der Waals surface area contributed by atoms with Gasteiger partial charge in [-0.25, -0.2) is 9.97 Å². The SMILES string of the molecule is CP(C)(=O)c1c(Nc2nc(Nc3ccc(F)c([N+](=O)[O-])c3)ncc2Cl)ccc2nccnc12.CP(C)(=O)c1c(Nc2nc(Nc3ccc(N4CCC5(CC4)CC(=O)C5)c([N+](=O)[O-])c3)ncc2Cl)ccc2nccnc12.Cl.O=C1CC2(CCCCC2)C1.O=CO[O-].[H-].[K+].[K+]. The van der Waals surface area contributed by atoms with E-state index < -0.39 is 35.6 Å². The van der Waals surface area contributed by atoms with E-state index in [9.17, 15) is 43.3 Å². The third-order valence-corrected chi connectivity index (χ3v) is 19.1. The molecule has 4 N–H and O–H groups in total. The number of carbonyl (C=O) groups excluding carboxylic acids is 3. The van der Waals surface area contributed by atoms with E-state index in [0.717, 1.165) is 37.8 Å². The standard InChI is InChI=1S/C28H28ClN8O4P.C20H16ClFN7O3P.C9H14O.CH2O3.ClH.2K.H/c1-42(2,41)25-21(5-4-20-24(25)31-10-9-30-20)34-26-19(29)16-32-27(35-26)33-17-3-6-22(23(13-17)37(39)40)36-11-7-28(8-12-36)14-18(38)15-28;1-33(2,32)18-15(6-5-14-17(18)24-8-7-23-14)27-19-12(21)10-25-20(28-19)26-11-3-4-13(22)16(9-11)29(30)31;10-8-6-9(7-8)4-2-1-3-5-9;2-1-4-3;;;;/h3-6,9-10,13,16H,7-8,11-12,14-15H2,1-2H3,(H2,32,33,34,35);3-10H,1-2H3,(H2,25,26,27,28);1-7H2;1,3H;1H;;;/q;;;;;2*+1;-1/p-1. The summed E-state index contributed by atoms with van der Waals surface area (Å²) in [5.41, 5.74) is 4.32. The molecule has 474 valence electrons. The molecule has 8 aromatic rings. The smallest absolute Gasteiger partial charge is 1.00 e. The first-order valence-corrected chi connectivity index (χ1v) is 33.8. The second-order valence-corrected chi connectivity index (χ2v) is 29.8. The fourth-order valence-corrected chi connectivity index (χ4v) is 14.5. The molecule has 4 aromatic heterocycles. The first-order chi connectivity index (χ1) is 42.4. The molecule has 3 saturated carbocycles. The Kier molecular flexibility index (Phi) is 27.2. The Balaban J connectivity index is 0.000000273. The van der Waals surface area contributed by atoms with Crippen molar-refractivity contribution in [1.29, 1.82) is 0 Å². The molecule has 0 amide bonds. The number of aromatic nitrogens is 8. The van der Waals surface area contributed by atoms with E-state index in [4.69, 9.17) is 33.3 Å². The number of anilines is 9. The van der Waals surface area contributed by atoms with Crippen molar-refractivity contribution >= 4 is 164 Å². The van der Waals surface area contributed by atoms with Gasteiger partial charge in [-0.3, -0.25) is 54.5 Å². The number of halogens is 4. The number of Topliss-reactive ketones (excluding diaryl/α,β-unsaturated/α-hetero) is 2. The number of hydrogen-bond donors (Lipinski definition) is 4. The number of hydrogen-bond acceptors (Lipinski definition) is 24. The maximum absolute atomic E-state index is 13.6. The van der Waals surface area contributed by atoms with Gasteiger partial charge in [0.05, 0.1) is 55.3 Å². The van der Waals surface area contributed by atoms with Crippen LogP contribution in [0.2, 0.25) is 10.0 Å². The number of ketones is 2. The van der Waals surface area contributed by atoms with Gasteiger partial charge in [0, 0.05) is 87.1 Å². The topological polar surface area (TPSA) is 358 Å². The number of fused-ring (bicyclic) bond motifs is 2. The van der Waals surface area contributed by atoms with E-state index >= 15 is 0 Å². The zero-order valence-electron chi connectivity index (χ0n) is 51.9. The first kappa shape index (κ1) is 75.8. The third-order valence-electron chi connectivity index (χ3n) is 15.5. The number of nitrogens with zero attached hydrogens (tertiary/aromatic N) is 11. The van der Waals surface area contributed by atoms with E-state index in [0.29, 0.717) is 98.3 Å². The largest absolute Gasteiger partial charge is 1.00 e. The van der Waals surface area contributed by atoms with Gasteiger partial charge in [0.15, 0.2) is 11.6 Å². The summed E-state index contributed by atoms with van der Waals surface area (Å²) in [5, 5.41) is 44.9. The number of benzene rings is 4. The summed E-state index contributed by atoms with van der Waals surface area (Å²) < 4.78 is 39.9. The maximum Gasteiger partial charge on any atom is 1.00 e. The van der Waals surface area contributed by atoms with Crippen LogP contribution in [0.3, 0.4) is 0 Å². The Morgan fingerprint density at radius 2 is 1.03 bits per heavy atom. The number of piperidine rings is 1. The summed E-state index contributed by atoms with van der Waals surface area (Å²) in [4.78, 5) is 91.8. The van der Waals surface area contributed by atoms with Crippen LogP contribution in [0.15, 0.2) is 97.8 Å². The predicted molar refractivity (Wildman–Crippen MR) is 344 cm³/mol. The number of nitro groups is 2. The molecule has 26 nitrogen and oxygen atoms in total. The molecule has 12 rings (SSSR count). The quantitative estimate of drug-likeness (QED) is 0.0249. The Morgan fingerprint density at radius 3 is 1.45 bits per heavy atom. The molecular formula is C58H61Cl3FK2N15O11P2. The zero-order chi connectivity index (χ0) is 63.8. The molecule has 0 bridgehead atoms. The zero-order valence-corrected chi connectivity index (χ0v) is 61.2. The van der Waals surface area contributed by atoms with Crippen molar-refractivity contribution in [1.82, 2.24) is 39.9 Å². The predicted octanol–water partition coefficient (Wildman–Crippen LogP) is 5.80. The molecule has 4 aliphatic rings. The Morgan fingerprint density at radius 1 is 0.620 bits per heavy atom. The molecule has 34 heteroatoms. The number of nitrogens with one attached hydrogen (secondary N) is 4. The van der Waals surface area contributed by atoms with Crippen molar-refractivity contribution in [2.75, 3.05) is 65.9 Å². The maximum atomic E-state index is 13.6. The summed E-state index contributed by atoms with van der Waals surface area (Å²) >= 11 is 12.7. The minimum absolute atomic E-state index is 0. The van der Waals surface area contributed by atoms with Gasteiger partial charge < -0.3 is 46.9 Å². The van der Waals surface area contributed by atoms with E-state index in [1.807, 2.05) is 4.90 Å². The number of carbonyl (C=O) groups is 3. The minimum Gasteiger partial charge on any atom is -1.00 e. The van der Waals surface area contributed by atoms with Crippen molar-refractivity contribution in [2.45, 2.75) is 70.6 Å². The van der Waals surface area contributed by atoms with Crippen LogP contribution in [0.25, 0.3) is 22.1 Å². The summed E-state index contributed by atoms with van der Waals surface area (Å²) in [5.74, 6) is 0.523. The number of nitro benzene ring substituents is 2. The van der Waals surface area contributed by atoms with Gasteiger partial charge in [0.1, 0.15) is 52.6 Å². The Labute approximate surface area is 629 Å². The minimum atomic E-state index is -2.81. The van der Waals surface area contributed by atoms with Crippen molar-refractivity contribution < 1.29 is 152 Å². The molecule has 0 unspecified atom stereocenters. The van der Waals surface area contributed by atoms with E-state index in [2.05, 4.69) is 66.0 Å². The van der Waals surface area contributed by atoms with Gasteiger partial charge in [-0.1, -0.05) is 42.5 Å². The van der Waals surface area contributed by atoms with E-state index in [-0.39, 0.29) is 173 Å². The van der Waals surface area contributed by atoms with E-state index in [1.54, 1.807) is 81.6 Å². The first-order valence-electron chi connectivity index (χ1n) is 27.8. The van der Waals surface area contributed by atoms with Gasteiger partial charge >= 0.3 is 108 Å². The average Bonchev–Trinajstić information content (AvgIpc) is 0.825. The van der Waals surface area contributed by atoms with Crippen LogP contribution in [0.4, 0.5) is 67.7 Å². The molecule has 5 heterocycles. The van der Waals surface area contributed by atoms with Crippen LogP contribution in [0.1, 0.15) is 72.1 Å². The second-order valence-electron chi connectivity index (χ2n) is 22.7. The van der Waals surface area contributed by atoms with Gasteiger partial charge in [-0.2, -0.15) is 14.4 Å². The van der Waals surface area contributed by atoms with Crippen LogP contribution in [-0.4, -0.2) is 108 Å². The van der Waals surface area contributed by atoms with Gasteiger partial charge in [-0.15, -0.1) is 12.4 Å². The van der Waals surface area contributed by atoms with Crippen LogP contribution >= 0.6 is 49.9 Å². The van der Waals surface area contributed by atoms with Crippen LogP contribution in [0, 0.1) is 36.9 Å². The van der Waals surface area contributed by atoms with Crippen LogP contribution in [-0.2, 0) is 28.4 Å². The molecular weight excluding hydrogens is 1350 g/mol. The molecule has 0 atom stereocenters. The monoisotopic (exact) mass is 1410 g/mol. The molecule has 4 fully saturated rings. The summed E-state index contributed by atoms with van der Waals surface area (Å²) in [6.07, 6.45) is 20.5. The van der Waals surface area contributed by atoms with Gasteiger partial charge in [-0.05, 0) is 112 Å². The molecule has 2 spiro atoms. The van der Waals surface area contributed by atoms with Crippen LogP contribution < -0.4 is 145 Å². The van der Waals surface area contributed by atoms with Crippen molar-refractivity contribution in [3.63, 3.8) is 0 Å². The molecule has 4 aromatic carbocycles. The van der Waals surface area contributed by atoms with Gasteiger partial charge in [0.2, 0.25) is 17.7 Å². The van der Waals surface area contributed by atoms with Crippen molar-refractivity contribution in [2.24, 2.45) is 10.8 Å². The van der Waals surface area contributed by atoms with Gasteiger partial charge in [0.25, 0.3) is 12.2 Å². The van der Waals surface area contributed by atoms with E-state index in [1.165, 1.54) is 62.8 Å². The normalized spacial score (nSPS) is 15.1. The summed E-state index contributed by atoms with van der Waals surface area (Å²) in [6, 6.07) is 15.2. The molecule has 1 saturated heterocycles. The molecule has 92 heavy (non-hydrogen) atoms. The third kappa shape index (κ3) is 18.8. The summed E-state index contributed by atoms with van der Waals surface area (Å²) in [6.45, 7) is 7.71. The van der Waals surface area contributed by atoms with Crippen LogP contribution in [0.5, 0.6) is 0 Å². The van der Waals surface area contributed by atoms with Crippen molar-refractivity contribution in [3.8, 4) is 0 Å². The number of rotatable bonds is 14. The molecule has 0 radical (unpaired) electrons. The summed E-state index contributed by atoms with van der Waals surface area (Å²) in [7, 11) is -5.62.